The first-order valence-electron chi connectivity index (χ1n) is 5.59. The number of rotatable bonds is 1. The summed E-state index contributed by atoms with van der Waals surface area (Å²) in [7, 11) is -3.85. The van der Waals surface area contributed by atoms with Gasteiger partial charge in [-0.15, -0.1) is 0 Å². The number of anilines is 1. The van der Waals surface area contributed by atoms with Gasteiger partial charge in [-0.2, -0.15) is 0 Å². The molecule has 4 nitrogen and oxygen atoms in total. The van der Waals surface area contributed by atoms with E-state index in [0.29, 0.717) is 5.69 Å². The second-order valence-corrected chi connectivity index (χ2v) is 5.98. The molecule has 0 radical (unpaired) electrons. The van der Waals surface area contributed by atoms with Crippen LogP contribution in [0.1, 0.15) is 11.8 Å². The lowest BCUT2D eigenvalue weighted by Crippen LogP contribution is -2.27. The minimum atomic E-state index is -3.85. The monoisotopic (exact) mass is 279 g/mol. The lowest BCUT2D eigenvalue weighted by molar-refractivity contribution is 0.192. The number of nitrogens with zero attached hydrogens (tertiary/aromatic N) is 1. The molecular weight excluding hydrogens is 269 g/mol. The number of hydrogen-bond acceptors (Lipinski definition) is 3. The van der Waals surface area contributed by atoms with Gasteiger partial charge in [0.05, 0.1) is 10.6 Å². The van der Waals surface area contributed by atoms with Crippen molar-refractivity contribution in [3.63, 3.8) is 0 Å². The number of para-hydroxylation sites is 1. The molecule has 98 valence electrons. The van der Waals surface area contributed by atoms with Crippen LogP contribution in [0.3, 0.4) is 0 Å². The fourth-order valence-corrected chi connectivity index (χ4v) is 3.86. The fraction of sp³-hybridized carbons (Fsp3) is 0.0769. The van der Waals surface area contributed by atoms with E-state index in [1.807, 2.05) is 0 Å². The van der Waals surface area contributed by atoms with Crippen LogP contribution in [0.5, 0.6) is 0 Å². The van der Waals surface area contributed by atoms with Crippen LogP contribution in [0.15, 0.2) is 53.4 Å². The van der Waals surface area contributed by atoms with Crippen molar-refractivity contribution in [3.05, 3.63) is 59.9 Å². The Labute approximate surface area is 109 Å². The van der Waals surface area contributed by atoms with E-state index in [-0.39, 0.29) is 10.5 Å². The average Bonchev–Trinajstić information content (AvgIpc) is 2.58. The maximum Gasteiger partial charge on any atom is 0.267 e. The highest BCUT2D eigenvalue weighted by atomic mass is 32.2. The highest BCUT2D eigenvalue weighted by molar-refractivity contribution is 7.93. The number of sulfonamides is 1. The van der Waals surface area contributed by atoms with E-state index in [4.69, 9.17) is 0 Å². The number of benzene rings is 2. The Balaban J connectivity index is 2.22. The van der Waals surface area contributed by atoms with E-state index in [2.05, 4.69) is 0 Å². The Kier molecular flexibility index (Phi) is 2.58. The van der Waals surface area contributed by atoms with Crippen LogP contribution < -0.4 is 4.31 Å². The standard InChI is InChI=1S/C13H10FNO3S/c14-9-6-7-12-11(8-9)13(16)15(19(12,17)18)10-4-2-1-3-5-10/h1-8,13,16H. The van der Waals surface area contributed by atoms with Crippen molar-refractivity contribution in [2.45, 2.75) is 11.1 Å². The van der Waals surface area contributed by atoms with Crippen LogP contribution >= 0.6 is 0 Å². The van der Waals surface area contributed by atoms with Gasteiger partial charge in [0.15, 0.2) is 6.23 Å². The smallest absolute Gasteiger partial charge is 0.267 e. The van der Waals surface area contributed by atoms with E-state index in [0.717, 1.165) is 16.4 Å². The summed E-state index contributed by atoms with van der Waals surface area (Å²) in [6.45, 7) is 0. The van der Waals surface area contributed by atoms with Crippen molar-refractivity contribution in [2.75, 3.05) is 4.31 Å². The zero-order valence-corrected chi connectivity index (χ0v) is 10.5. The van der Waals surface area contributed by atoms with E-state index in [1.54, 1.807) is 30.3 Å². The Morgan fingerprint density at radius 3 is 2.47 bits per heavy atom. The molecule has 0 amide bonds. The van der Waals surface area contributed by atoms with Crippen molar-refractivity contribution in [3.8, 4) is 0 Å². The van der Waals surface area contributed by atoms with E-state index >= 15 is 0 Å². The van der Waals surface area contributed by atoms with Gasteiger partial charge in [0.2, 0.25) is 0 Å². The highest BCUT2D eigenvalue weighted by Crippen LogP contribution is 2.41. The molecule has 1 unspecified atom stereocenters. The van der Waals surface area contributed by atoms with E-state index in [1.165, 1.54) is 6.07 Å². The molecule has 0 saturated carbocycles. The molecule has 0 aliphatic carbocycles. The lowest BCUT2D eigenvalue weighted by Gasteiger charge is -2.21. The molecule has 6 heteroatoms. The molecule has 1 aliphatic heterocycles. The number of fused-ring (bicyclic) bond motifs is 1. The molecule has 1 atom stereocenters. The molecular formula is C13H10FNO3S. The van der Waals surface area contributed by atoms with Gasteiger partial charge in [-0.05, 0) is 30.3 Å². The topological polar surface area (TPSA) is 57.6 Å². The molecule has 0 spiro atoms. The zero-order valence-electron chi connectivity index (χ0n) is 9.69. The van der Waals surface area contributed by atoms with Crippen molar-refractivity contribution in [1.29, 1.82) is 0 Å². The fourth-order valence-electron chi connectivity index (χ4n) is 2.17. The van der Waals surface area contributed by atoms with Gasteiger partial charge in [0, 0.05) is 5.56 Å². The highest BCUT2D eigenvalue weighted by Gasteiger charge is 2.42. The summed E-state index contributed by atoms with van der Waals surface area (Å²) in [5.41, 5.74) is 0.399. The maximum absolute atomic E-state index is 13.2. The summed E-state index contributed by atoms with van der Waals surface area (Å²) in [6, 6.07) is 11.5. The summed E-state index contributed by atoms with van der Waals surface area (Å²) in [6.07, 6.45) is -1.40. The number of hydrogen-bond donors (Lipinski definition) is 1. The van der Waals surface area contributed by atoms with Gasteiger partial charge < -0.3 is 5.11 Å². The van der Waals surface area contributed by atoms with E-state index in [9.17, 15) is 17.9 Å². The zero-order chi connectivity index (χ0) is 13.6. The summed E-state index contributed by atoms with van der Waals surface area (Å²) < 4.78 is 38.8. The largest absolute Gasteiger partial charge is 0.368 e. The Morgan fingerprint density at radius 1 is 1.11 bits per heavy atom. The molecule has 0 saturated heterocycles. The Bertz CT molecular complexity index is 731. The molecule has 1 aliphatic rings. The predicted octanol–water partition coefficient (Wildman–Crippen LogP) is 2.03. The Morgan fingerprint density at radius 2 is 1.79 bits per heavy atom. The second kappa shape index (κ2) is 4.04. The summed E-state index contributed by atoms with van der Waals surface area (Å²) in [5, 5.41) is 10.1. The summed E-state index contributed by atoms with van der Waals surface area (Å²) in [5.74, 6) is -0.581. The first-order valence-corrected chi connectivity index (χ1v) is 7.03. The van der Waals surface area contributed by atoms with Crippen molar-refractivity contribution in [1.82, 2.24) is 0 Å². The molecule has 2 aromatic carbocycles. The third-order valence-corrected chi connectivity index (χ3v) is 4.88. The SMILES string of the molecule is O=S1(=O)c2ccc(F)cc2C(O)N1c1ccccc1. The third-order valence-electron chi connectivity index (χ3n) is 3.02. The van der Waals surface area contributed by atoms with Gasteiger partial charge in [0.25, 0.3) is 10.0 Å². The minimum absolute atomic E-state index is 0.0591. The Hall–Kier alpha value is -1.92. The van der Waals surface area contributed by atoms with Crippen LogP contribution in [0.2, 0.25) is 0 Å². The quantitative estimate of drug-likeness (QED) is 0.869. The molecule has 2 aromatic rings. The molecule has 1 N–H and O–H groups in total. The molecule has 0 aromatic heterocycles. The second-order valence-electron chi connectivity index (χ2n) is 4.19. The number of aliphatic hydroxyl groups excluding tert-OH is 1. The lowest BCUT2D eigenvalue weighted by atomic mass is 10.2. The maximum atomic E-state index is 13.2. The summed E-state index contributed by atoms with van der Waals surface area (Å²) >= 11 is 0. The van der Waals surface area contributed by atoms with Gasteiger partial charge in [0.1, 0.15) is 5.82 Å². The molecule has 19 heavy (non-hydrogen) atoms. The van der Waals surface area contributed by atoms with Crippen LogP contribution in [0, 0.1) is 5.82 Å². The normalized spacial score (nSPS) is 20.3. The molecule has 0 bridgehead atoms. The minimum Gasteiger partial charge on any atom is -0.368 e. The summed E-state index contributed by atoms with van der Waals surface area (Å²) in [4.78, 5) is -0.0646. The average molecular weight is 279 g/mol. The van der Waals surface area contributed by atoms with Crippen LogP contribution in [-0.2, 0) is 10.0 Å². The first kappa shape index (κ1) is 12.1. The number of halogens is 1. The molecule has 0 fully saturated rings. The van der Waals surface area contributed by atoms with Crippen LogP contribution in [0.4, 0.5) is 10.1 Å². The van der Waals surface area contributed by atoms with Crippen molar-refractivity contribution >= 4 is 15.7 Å². The van der Waals surface area contributed by atoms with Crippen LogP contribution in [-0.4, -0.2) is 13.5 Å². The number of aliphatic hydroxyl groups is 1. The van der Waals surface area contributed by atoms with Gasteiger partial charge >= 0.3 is 0 Å². The van der Waals surface area contributed by atoms with Gasteiger partial charge in [-0.25, -0.2) is 17.1 Å². The first-order chi connectivity index (χ1) is 9.01. The van der Waals surface area contributed by atoms with Crippen molar-refractivity contribution in [2.24, 2.45) is 0 Å². The molecule has 3 rings (SSSR count). The van der Waals surface area contributed by atoms with Gasteiger partial charge in [-0.1, -0.05) is 18.2 Å². The third kappa shape index (κ3) is 1.72. The van der Waals surface area contributed by atoms with Gasteiger partial charge in [-0.3, -0.25) is 0 Å². The predicted molar refractivity (Wildman–Crippen MR) is 67.5 cm³/mol. The van der Waals surface area contributed by atoms with Crippen LogP contribution in [0.25, 0.3) is 0 Å². The molecule has 1 heterocycles. The van der Waals surface area contributed by atoms with E-state index < -0.39 is 22.1 Å². The van der Waals surface area contributed by atoms with Crippen molar-refractivity contribution < 1.29 is 17.9 Å².